The van der Waals surface area contributed by atoms with E-state index in [-0.39, 0.29) is 5.91 Å². The molecule has 2 heterocycles. The number of aromatic nitrogens is 3. The Bertz CT molecular complexity index is 868. The molecule has 4 rings (SSSR count). The molecule has 1 amide bonds. The minimum Gasteiger partial charge on any atom is -0.348 e. The van der Waals surface area contributed by atoms with E-state index in [4.69, 9.17) is 0 Å². The lowest BCUT2D eigenvalue weighted by Gasteiger charge is -2.01. The smallest absolute Gasteiger partial charge is 0.286 e. The lowest BCUT2D eigenvalue weighted by atomic mass is 10.1. The molecule has 3 aromatic rings. The lowest BCUT2D eigenvalue weighted by Crippen LogP contribution is -2.43. The highest BCUT2D eigenvalue weighted by Crippen LogP contribution is 2.19. The van der Waals surface area contributed by atoms with E-state index >= 15 is 0 Å². The van der Waals surface area contributed by atoms with Crippen molar-refractivity contribution in [3.05, 3.63) is 72.2 Å². The zero-order valence-electron chi connectivity index (χ0n) is 14.0. The normalized spacial score (nSPS) is 13.6. The van der Waals surface area contributed by atoms with Crippen LogP contribution in [0.3, 0.4) is 0 Å². The minimum absolute atomic E-state index is 0.0662. The van der Waals surface area contributed by atoms with Gasteiger partial charge in [-0.3, -0.25) is 9.89 Å². The zero-order valence-corrected chi connectivity index (χ0v) is 14.0. The number of carbonyl (C=O) groups is 1. The van der Waals surface area contributed by atoms with Crippen LogP contribution in [0.4, 0.5) is 0 Å². The van der Waals surface area contributed by atoms with Crippen molar-refractivity contribution in [2.24, 2.45) is 0 Å². The van der Waals surface area contributed by atoms with Gasteiger partial charge in [0, 0.05) is 24.2 Å². The van der Waals surface area contributed by atoms with E-state index in [2.05, 4.69) is 33.7 Å². The van der Waals surface area contributed by atoms with Crippen LogP contribution in [0.2, 0.25) is 0 Å². The first-order chi connectivity index (χ1) is 12.3. The molecule has 1 aromatic carbocycles. The average molecular weight is 333 g/mol. The summed E-state index contributed by atoms with van der Waals surface area (Å²) in [5.41, 5.74) is 4.21. The maximum Gasteiger partial charge on any atom is 0.286 e. The Morgan fingerprint density at radius 3 is 2.84 bits per heavy atom. The maximum absolute atomic E-state index is 12.0. The summed E-state index contributed by atoms with van der Waals surface area (Å²) < 4.78 is 1.90. The molecule has 0 bridgehead atoms. The van der Waals surface area contributed by atoms with Crippen molar-refractivity contribution in [1.29, 1.82) is 0 Å². The predicted molar refractivity (Wildman–Crippen MR) is 94.6 cm³/mol. The molecule has 0 atom stereocenters. The molecule has 2 N–H and O–H groups in total. The zero-order chi connectivity index (χ0) is 17.1. The summed E-state index contributed by atoms with van der Waals surface area (Å²) in [6.07, 6.45) is 6.91. The Balaban J connectivity index is 1.46. The van der Waals surface area contributed by atoms with Gasteiger partial charge in [0.15, 0.2) is 12.4 Å². The summed E-state index contributed by atoms with van der Waals surface area (Å²) in [4.78, 5) is 12.0. The van der Waals surface area contributed by atoms with Crippen LogP contribution in [0, 0.1) is 0 Å². The number of nitrogens with zero attached hydrogens (tertiary/aromatic N) is 2. The number of aromatic amines is 1. The van der Waals surface area contributed by atoms with Crippen LogP contribution in [-0.2, 0) is 17.8 Å². The standard InChI is InChI=1S/C20H20N4O/c25-20(21-17-8-9-17)14-24-10-4-7-16(13-24)19-12-18(22-23-19)11-15-5-2-1-3-6-15/h1-7,10,12-13,17H,8-9,11,14H2,(H-,21,22,23,25)/p+1. The van der Waals surface area contributed by atoms with E-state index in [1.165, 1.54) is 5.56 Å². The molecule has 25 heavy (non-hydrogen) atoms. The quantitative estimate of drug-likeness (QED) is 0.680. The van der Waals surface area contributed by atoms with Crippen molar-refractivity contribution in [3.63, 3.8) is 0 Å². The van der Waals surface area contributed by atoms with Gasteiger partial charge in [0.25, 0.3) is 5.91 Å². The van der Waals surface area contributed by atoms with Crippen molar-refractivity contribution >= 4 is 5.91 Å². The molecule has 2 aromatic heterocycles. The maximum atomic E-state index is 12.0. The molecule has 1 aliphatic carbocycles. The van der Waals surface area contributed by atoms with Gasteiger partial charge in [-0.1, -0.05) is 30.3 Å². The number of nitrogens with one attached hydrogen (secondary N) is 2. The molecular weight excluding hydrogens is 312 g/mol. The molecule has 0 saturated heterocycles. The molecule has 5 heteroatoms. The van der Waals surface area contributed by atoms with Crippen molar-refractivity contribution in [1.82, 2.24) is 15.5 Å². The average Bonchev–Trinajstić information content (AvgIpc) is 3.31. The second kappa shape index (κ2) is 6.89. The summed E-state index contributed by atoms with van der Waals surface area (Å²) in [6.45, 7) is 0.339. The Morgan fingerprint density at radius 2 is 2.04 bits per heavy atom. The molecule has 0 radical (unpaired) electrons. The van der Waals surface area contributed by atoms with Gasteiger partial charge in [-0.2, -0.15) is 9.67 Å². The molecule has 1 aliphatic rings. The highest BCUT2D eigenvalue weighted by molar-refractivity contribution is 5.75. The minimum atomic E-state index is 0.0662. The van der Waals surface area contributed by atoms with Crippen molar-refractivity contribution in [3.8, 4) is 11.3 Å². The van der Waals surface area contributed by atoms with E-state index in [9.17, 15) is 4.79 Å². The van der Waals surface area contributed by atoms with Crippen LogP contribution in [0.5, 0.6) is 0 Å². The van der Waals surface area contributed by atoms with E-state index in [1.54, 1.807) is 0 Å². The van der Waals surface area contributed by atoms with Crippen molar-refractivity contribution < 1.29 is 9.36 Å². The lowest BCUT2D eigenvalue weighted by molar-refractivity contribution is -0.684. The number of benzene rings is 1. The summed E-state index contributed by atoms with van der Waals surface area (Å²) >= 11 is 0. The number of pyridine rings is 1. The van der Waals surface area contributed by atoms with Gasteiger partial charge in [0.2, 0.25) is 6.54 Å². The summed E-state index contributed by atoms with van der Waals surface area (Å²) in [5.74, 6) is 0.0662. The van der Waals surface area contributed by atoms with Gasteiger partial charge >= 0.3 is 0 Å². The summed E-state index contributed by atoms with van der Waals surface area (Å²) in [6, 6.07) is 16.7. The molecule has 126 valence electrons. The van der Waals surface area contributed by atoms with Crippen LogP contribution >= 0.6 is 0 Å². The SMILES string of the molecule is O=C(C[n+]1cccc(-c2cc(Cc3ccccc3)[nH]n2)c1)NC1CC1. The predicted octanol–water partition coefficient (Wildman–Crippen LogP) is 2.23. The first-order valence-electron chi connectivity index (χ1n) is 8.63. The number of rotatable bonds is 6. The van der Waals surface area contributed by atoms with Crippen LogP contribution < -0.4 is 9.88 Å². The molecule has 0 unspecified atom stereocenters. The van der Waals surface area contributed by atoms with E-state index in [0.717, 1.165) is 36.2 Å². The van der Waals surface area contributed by atoms with Gasteiger partial charge in [0.1, 0.15) is 0 Å². The number of hydrogen-bond donors (Lipinski definition) is 2. The van der Waals surface area contributed by atoms with E-state index in [0.29, 0.717) is 12.6 Å². The van der Waals surface area contributed by atoms with Gasteiger partial charge < -0.3 is 5.32 Å². The number of hydrogen-bond acceptors (Lipinski definition) is 2. The monoisotopic (exact) mass is 333 g/mol. The highest BCUT2D eigenvalue weighted by Gasteiger charge is 2.24. The first-order valence-corrected chi connectivity index (χ1v) is 8.63. The third kappa shape index (κ3) is 4.12. The second-order valence-corrected chi connectivity index (χ2v) is 6.55. The van der Waals surface area contributed by atoms with Crippen LogP contribution in [0.25, 0.3) is 11.3 Å². The summed E-state index contributed by atoms with van der Waals surface area (Å²) in [5, 5.41) is 10.5. The van der Waals surface area contributed by atoms with Crippen molar-refractivity contribution in [2.45, 2.75) is 31.8 Å². The van der Waals surface area contributed by atoms with Gasteiger partial charge in [-0.25, -0.2) is 0 Å². The molecule has 1 fully saturated rings. The van der Waals surface area contributed by atoms with Gasteiger partial charge in [-0.05, 0) is 30.5 Å². The molecule has 1 saturated carbocycles. The van der Waals surface area contributed by atoms with Crippen LogP contribution in [-0.4, -0.2) is 22.1 Å². The summed E-state index contributed by atoms with van der Waals surface area (Å²) in [7, 11) is 0. The number of carbonyl (C=O) groups excluding carboxylic acids is 1. The third-order valence-corrected chi connectivity index (χ3v) is 4.29. The van der Waals surface area contributed by atoms with Crippen molar-refractivity contribution in [2.75, 3.05) is 0 Å². The fraction of sp³-hybridized carbons (Fsp3) is 0.250. The fourth-order valence-corrected chi connectivity index (χ4v) is 2.85. The number of amides is 1. The Kier molecular flexibility index (Phi) is 4.29. The Labute approximate surface area is 146 Å². The fourth-order valence-electron chi connectivity index (χ4n) is 2.85. The van der Waals surface area contributed by atoms with Gasteiger partial charge in [0.05, 0.1) is 11.3 Å². The number of H-pyrrole nitrogens is 1. The topological polar surface area (TPSA) is 61.7 Å². The Hall–Kier alpha value is -2.95. The highest BCUT2D eigenvalue weighted by atomic mass is 16.2. The van der Waals surface area contributed by atoms with E-state index < -0.39 is 0 Å². The Morgan fingerprint density at radius 1 is 1.20 bits per heavy atom. The van der Waals surface area contributed by atoms with Crippen LogP contribution in [0.15, 0.2) is 60.9 Å². The third-order valence-electron chi connectivity index (χ3n) is 4.29. The molecule has 0 spiro atoms. The van der Waals surface area contributed by atoms with E-state index in [1.807, 2.05) is 47.3 Å². The van der Waals surface area contributed by atoms with Crippen LogP contribution in [0.1, 0.15) is 24.1 Å². The second-order valence-electron chi connectivity index (χ2n) is 6.55. The van der Waals surface area contributed by atoms with Gasteiger partial charge in [-0.15, -0.1) is 0 Å². The largest absolute Gasteiger partial charge is 0.348 e. The molecular formula is C20H21N4O+. The molecule has 5 nitrogen and oxygen atoms in total. The molecule has 0 aliphatic heterocycles. The first kappa shape index (κ1) is 15.6.